The molecule has 0 unspecified atom stereocenters. The van der Waals surface area contributed by atoms with Gasteiger partial charge in [-0.2, -0.15) is 0 Å². The lowest BCUT2D eigenvalue weighted by Gasteiger charge is -2.10. The van der Waals surface area contributed by atoms with Gasteiger partial charge in [0.1, 0.15) is 44.8 Å². The van der Waals surface area contributed by atoms with Crippen molar-refractivity contribution in [1.82, 2.24) is 49.8 Å². The van der Waals surface area contributed by atoms with Gasteiger partial charge in [0.05, 0.1) is 39.0 Å². The molecular weight excluding hydrogens is 1460 g/mol. The Kier molecular flexibility index (Phi) is 21.7. The number of halogens is 5. The summed E-state index contributed by atoms with van der Waals surface area (Å²) in [6.45, 7) is 7.72. The van der Waals surface area contributed by atoms with Crippen LogP contribution in [-0.2, 0) is 0 Å². The Hall–Kier alpha value is -11.8. The average molecular weight is 1520 g/mol. The van der Waals surface area contributed by atoms with Crippen LogP contribution in [0.3, 0.4) is 0 Å². The molecule has 10 aromatic heterocycles. The highest BCUT2D eigenvalue weighted by atomic mass is 79.9. The van der Waals surface area contributed by atoms with Crippen LogP contribution in [0.4, 0.5) is 37.2 Å². The topological polar surface area (TPSA) is 305 Å². The highest BCUT2D eigenvalue weighted by Gasteiger charge is 2.15. The van der Waals surface area contributed by atoms with Gasteiger partial charge in [-0.15, -0.1) is 0 Å². The number of benzene rings is 5. The molecule has 0 saturated heterocycles. The third kappa shape index (κ3) is 17.8. The Labute approximate surface area is 590 Å². The molecule has 10 N–H and O–H groups in total. The molecular formula is C74H58Br3F2N15O5. The first-order valence-electron chi connectivity index (χ1n) is 30.0. The summed E-state index contributed by atoms with van der Waals surface area (Å²) in [7, 11) is 0. The summed E-state index contributed by atoms with van der Waals surface area (Å²) in [4.78, 5) is 43.3. The average Bonchev–Trinajstić information content (AvgIpc) is 0.826. The number of pyridine rings is 10. The van der Waals surface area contributed by atoms with E-state index in [9.17, 15) is 8.78 Å². The Morgan fingerprint density at radius 3 is 0.939 bits per heavy atom. The molecule has 15 rings (SSSR count). The minimum Gasteiger partial charge on any atom is -0.455 e. The molecule has 0 atom stereocenters. The Balaban J connectivity index is 0.000000125. The van der Waals surface area contributed by atoms with Crippen LogP contribution in [-0.4, -0.2) is 49.8 Å². The van der Waals surface area contributed by atoms with Crippen LogP contribution in [0.2, 0.25) is 0 Å². The van der Waals surface area contributed by atoms with Gasteiger partial charge in [-0.1, -0.05) is 0 Å². The zero-order valence-electron chi connectivity index (χ0n) is 53.1. The van der Waals surface area contributed by atoms with Crippen molar-refractivity contribution in [2.24, 2.45) is 0 Å². The van der Waals surface area contributed by atoms with Crippen LogP contribution >= 0.6 is 47.8 Å². The molecule has 0 aliphatic carbocycles. The third-order valence-electron chi connectivity index (χ3n) is 14.1. The van der Waals surface area contributed by atoms with E-state index >= 15 is 0 Å². The van der Waals surface area contributed by atoms with Crippen LogP contribution in [0.25, 0.3) is 55.2 Å². The van der Waals surface area contributed by atoms with Gasteiger partial charge >= 0.3 is 0 Å². The first kappa shape index (κ1) is 68.6. The van der Waals surface area contributed by atoms with E-state index in [0.29, 0.717) is 90.8 Å². The predicted octanol–water partition coefficient (Wildman–Crippen LogP) is 18.8. The van der Waals surface area contributed by atoms with Gasteiger partial charge in [0, 0.05) is 134 Å². The zero-order chi connectivity index (χ0) is 69.7. The monoisotopic (exact) mass is 1510 g/mol. The lowest BCUT2D eigenvalue weighted by molar-refractivity contribution is 0.445. The highest BCUT2D eigenvalue weighted by Crippen LogP contribution is 2.36. The van der Waals surface area contributed by atoms with Gasteiger partial charge in [-0.3, -0.25) is 34.9 Å². The van der Waals surface area contributed by atoms with E-state index in [2.05, 4.69) is 97.6 Å². The summed E-state index contributed by atoms with van der Waals surface area (Å²) in [6, 6.07) is 48.6. The molecule has 20 nitrogen and oxygen atoms in total. The smallest absolute Gasteiger partial charge is 0.167 e. The number of fused-ring (bicyclic) bond motifs is 5. The van der Waals surface area contributed by atoms with Gasteiger partial charge in [0.2, 0.25) is 0 Å². The van der Waals surface area contributed by atoms with E-state index < -0.39 is 11.6 Å². The molecule has 10 heterocycles. The maximum Gasteiger partial charge on any atom is 0.167 e. The Morgan fingerprint density at radius 2 is 0.586 bits per heavy atom. The summed E-state index contributed by atoms with van der Waals surface area (Å²) in [6.07, 6.45) is 13.6. The molecule has 0 amide bonds. The van der Waals surface area contributed by atoms with Crippen LogP contribution < -0.4 is 52.4 Å². The van der Waals surface area contributed by atoms with Crippen molar-refractivity contribution in [3.05, 3.63) is 267 Å². The van der Waals surface area contributed by atoms with Crippen LogP contribution in [0.5, 0.6) is 57.5 Å². The summed E-state index contributed by atoms with van der Waals surface area (Å²) >= 11 is 10.2. The molecule has 0 radical (unpaired) electrons. The minimum atomic E-state index is -0.520. The molecule has 0 aliphatic rings. The minimum absolute atomic E-state index is 0.0964. The molecule has 15 aromatic rings. The van der Waals surface area contributed by atoms with E-state index in [4.69, 9.17) is 52.4 Å². The Bertz CT molecular complexity index is 5280. The lowest BCUT2D eigenvalue weighted by Crippen LogP contribution is -1.95. The maximum atomic E-state index is 13.8. The SMILES string of the molecule is Cc1cnc2c(Oc3ccc(N)cc3)ccnc2c1.Cc1cnc2c(Oc3ccc(N)cc3F)ccnc2c1.Cc1nc2c(Oc3ccc(N)cc3)ccnc2cc1Br.Cc1nc2c(Oc3ccc(N)cc3F)ccnc2cc1Br.Nc1ccc(Oc2ccnc3cc(Br)cnc23)cc1. The zero-order valence-corrected chi connectivity index (χ0v) is 57.8. The van der Waals surface area contributed by atoms with Crippen molar-refractivity contribution in [3.8, 4) is 57.5 Å². The number of nitrogens with zero attached hydrogens (tertiary/aromatic N) is 10. The Morgan fingerprint density at radius 1 is 0.293 bits per heavy atom. The number of aryl methyl sites for hydroxylation is 4. The quantitative estimate of drug-likeness (QED) is 0.0795. The first-order chi connectivity index (χ1) is 47.7. The van der Waals surface area contributed by atoms with Crippen LogP contribution in [0, 0.1) is 39.3 Å². The summed E-state index contributed by atoms with van der Waals surface area (Å²) in [5.74, 6) is 4.26. The number of aromatic nitrogens is 10. The molecule has 5 aromatic carbocycles. The van der Waals surface area contributed by atoms with E-state index in [1.165, 1.54) is 24.3 Å². The third-order valence-corrected chi connectivity index (χ3v) is 16.2. The van der Waals surface area contributed by atoms with Gasteiger partial charge in [0.25, 0.3) is 0 Å². The van der Waals surface area contributed by atoms with E-state index in [1.807, 2.05) is 94.4 Å². The number of anilines is 5. The van der Waals surface area contributed by atoms with Gasteiger partial charge in [0.15, 0.2) is 51.9 Å². The molecule has 0 bridgehead atoms. The molecule has 99 heavy (non-hydrogen) atoms. The highest BCUT2D eigenvalue weighted by molar-refractivity contribution is 9.11. The molecule has 0 spiro atoms. The fourth-order valence-electron chi connectivity index (χ4n) is 9.26. The van der Waals surface area contributed by atoms with Crippen molar-refractivity contribution in [2.75, 3.05) is 28.7 Å². The number of nitrogen functional groups attached to an aromatic ring is 5. The maximum absolute atomic E-state index is 13.8. The van der Waals surface area contributed by atoms with Crippen molar-refractivity contribution in [2.45, 2.75) is 27.7 Å². The predicted molar refractivity (Wildman–Crippen MR) is 394 cm³/mol. The number of nitrogens with two attached hydrogens (primary N) is 5. The van der Waals surface area contributed by atoms with E-state index in [1.54, 1.807) is 128 Å². The number of rotatable bonds is 10. The van der Waals surface area contributed by atoms with Crippen molar-refractivity contribution < 1.29 is 32.5 Å². The second-order valence-corrected chi connectivity index (χ2v) is 24.4. The second kappa shape index (κ2) is 31.4. The fraction of sp³-hybridized carbons (Fsp3) is 0.0541. The summed E-state index contributed by atoms with van der Waals surface area (Å²) in [5.41, 5.74) is 41.7. The van der Waals surface area contributed by atoms with Gasteiger partial charge in [-0.05, 0) is 214 Å². The molecule has 0 aliphatic heterocycles. The van der Waals surface area contributed by atoms with E-state index in [0.717, 1.165) is 74.8 Å². The molecule has 0 saturated carbocycles. The number of hydrogen-bond acceptors (Lipinski definition) is 20. The number of hydrogen-bond donors (Lipinski definition) is 5. The normalized spacial score (nSPS) is 10.7. The fourth-order valence-corrected chi connectivity index (χ4v) is 10.2. The molecule has 25 heteroatoms. The van der Waals surface area contributed by atoms with Gasteiger partial charge < -0.3 is 52.4 Å². The molecule has 0 fully saturated rings. The van der Waals surface area contributed by atoms with Gasteiger partial charge in [-0.25, -0.2) is 23.7 Å². The van der Waals surface area contributed by atoms with Crippen molar-refractivity contribution in [3.63, 3.8) is 0 Å². The molecule has 494 valence electrons. The van der Waals surface area contributed by atoms with Crippen molar-refractivity contribution >= 4 is 131 Å². The summed E-state index contributed by atoms with van der Waals surface area (Å²) < 4.78 is 59.0. The summed E-state index contributed by atoms with van der Waals surface area (Å²) in [5, 5.41) is 0. The van der Waals surface area contributed by atoms with Crippen molar-refractivity contribution in [1.29, 1.82) is 0 Å². The number of ether oxygens (including phenoxy) is 5. The lowest BCUT2D eigenvalue weighted by atomic mass is 10.2. The largest absolute Gasteiger partial charge is 0.455 e. The van der Waals surface area contributed by atoms with E-state index in [-0.39, 0.29) is 11.5 Å². The first-order valence-corrected chi connectivity index (χ1v) is 32.4. The standard InChI is InChI=1S/C15H11BrFN3O.C15H12BrN3O.C15H12FN3O.C15H13N3O.C14H10BrN3O/c1-8-10(16)7-12-15(20-8)14(4-5-19-12)21-13-3-2-9(18)6-11(13)17;1-9-12(16)8-13-15(19-9)14(6-7-18-13)20-11-4-2-10(17)3-5-11;1-9-6-12-15(19-8-9)14(4-5-18-12)20-13-3-2-10(17)7-11(13)16;1-10-8-13-15(18-9-10)14(6-7-17-13)19-12-4-2-11(16)3-5-12;15-9-7-12-14(18-8-9)13(5-6-17-12)19-11-3-1-10(16)2-4-11/h2-7H,18H2,1H3;2*2-8H,17H2,1H3;2-9H,16H2,1H3;1-8H,16H2. The van der Waals surface area contributed by atoms with Crippen LogP contribution in [0.15, 0.2) is 233 Å². The second-order valence-electron chi connectivity index (χ2n) is 21.8. The van der Waals surface area contributed by atoms with Crippen LogP contribution in [0.1, 0.15) is 22.5 Å².